The molecular weight excluding hydrogens is 430 g/mol. The fraction of sp³-hybridized carbons (Fsp3) is 0.471. The number of anilines is 2. The standard InChI is InChI=1S/C17H19ClF2N4O2S2/c1-23(17-3-2-5-24(17)10-11(19)9-17)14-8-13(20)15(7-12(14)18)28(25,26)22-16-21-4-6-27-16/h4,6-8,11H,2-3,5,9-10H2,1H3,(H,21,22)/t11-,17-/m1/s1. The van der Waals surface area contributed by atoms with Gasteiger partial charge in [0.15, 0.2) is 5.13 Å². The van der Waals surface area contributed by atoms with Gasteiger partial charge in [0.05, 0.1) is 16.4 Å². The molecule has 1 aromatic carbocycles. The molecule has 1 aromatic heterocycles. The minimum absolute atomic E-state index is 0.0898. The normalized spacial score (nSPS) is 25.1. The van der Waals surface area contributed by atoms with Gasteiger partial charge < -0.3 is 4.90 Å². The van der Waals surface area contributed by atoms with Crippen molar-refractivity contribution in [3.63, 3.8) is 0 Å². The molecule has 0 unspecified atom stereocenters. The van der Waals surface area contributed by atoms with E-state index in [2.05, 4.69) is 14.6 Å². The molecular formula is C17H19ClF2N4O2S2. The SMILES string of the molecule is CN(c1cc(F)c(S(=O)(=O)Nc2nccs2)cc1Cl)[C@]12CCCN1C[C@H](F)C2. The molecule has 28 heavy (non-hydrogen) atoms. The predicted molar refractivity (Wildman–Crippen MR) is 106 cm³/mol. The van der Waals surface area contributed by atoms with Gasteiger partial charge in [-0.2, -0.15) is 0 Å². The van der Waals surface area contributed by atoms with Gasteiger partial charge in [-0.15, -0.1) is 11.3 Å². The third kappa shape index (κ3) is 3.26. The van der Waals surface area contributed by atoms with Crippen LogP contribution >= 0.6 is 22.9 Å². The quantitative estimate of drug-likeness (QED) is 0.755. The van der Waals surface area contributed by atoms with E-state index < -0.39 is 32.6 Å². The number of halogens is 3. The van der Waals surface area contributed by atoms with E-state index in [4.69, 9.17) is 11.6 Å². The first-order valence-corrected chi connectivity index (χ1v) is 11.5. The van der Waals surface area contributed by atoms with Crippen LogP contribution in [0.1, 0.15) is 19.3 Å². The Morgan fingerprint density at radius 1 is 1.46 bits per heavy atom. The second-order valence-corrected chi connectivity index (χ2v) is 10.0. The molecule has 1 N–H and O–H groups in total. The number of thiazole rings is 1. The van der Waals surface area contributed by atoms with Gasteiger partial charge in [-0.25, -0.2) is 22.2 Å². The number of hydrogen-bond donors (Lipinski definition) is 1. The average molecular weight is 449 g/mol. The van der Waals surface area contributed by atoms with Crippen molar-refractivity contribution < 1.29 is 17.2 Å². The largest absolute Gasteiger partial charge is 0.355 e. The molecule has 2 atom stereocenters. The molecule has 2 aromatic rings. The van der Waals surface area contributed by atoms with Gasteiger partial charge in [0, 0.05) is 44.2 Å². The summed E-state index contributed by atoms with van der Waals surface area (Å²) >= 11 is 7.44. The summed E-state index contributed by atoms with van der Waals surface area (Å²) in [5.74, 6) is -0.925. The summed E-state index contributed by atoms with van der Waals surface area (Å²) in [5.41, 5.74) is -0.219. The summed E-state index contributed by atoms with van der Waals surface area (Å²) in [5, 5.41) is 1.83. The van der Waals surface area contributed by atoms with Crippen LogP contribution < -0.4 is 9.62 Å². The van der Waals surface area contributed by atoms with Gasteiger partial charge in [0.2, 0.25) is 0 Å². The van der Waals surface area contributed by atoms with Gasteiger partial charge in [-0.3, -0.25) is 9.62 Å². The van der Waals surface area contributed by atoms with Crippen LogP contribution in [-0.2, 0) is 10.0 Å². The smallest absolute Gasteiger partial charge is 0.266 e. The fourth-order valence-corrected chi connectivity index (χ4v) is 6.47. The Morgan fingerprint density at radius 2 is 2.25 bits per heavy atom. The van der Waals surface area contributed by atoms with E-state index in [-0.39, 0.29) is 10.2 Å². The van der Waals surface area contributed by atoms with Gasteiger partial charge >= 0.3 is 0 Å². The van der Waals surface area contributed by atoms with Crippen molar-refractivity contribution in [2.45, 2.75) is 36.0 Å². The molecule has 2 aliphatic rings. The summed E-state index contributed by atoms with van der Waals surface area (Å²) in [7, 11) is -2.43. The van der Waals surface area contributed by atoms with E-state index in [0.717, 1.165) is 42.9 Å². The Morgan fingerprint density at radius 3 is 2.96 bits per heavy atom. The molecule has 6 nitrogen and oxygen atoms in total. The number of aromatic nitrogens is 1. The highest BCUT2D eigenvalue weighted by Gasteiger charge is 2.51. The molecule has 0 spiro atoms. The van der Waals surface area contributed by atoms with E-state index in [1.807, 2.05) is 0 Å². The van der Waals surface area contributed by atoms with E-state index in [1.54, 1.807) is 17.3 Å². The van der Waals surface area contributed by atoms with Crippen molar-refractivity contribution in [2.75, 3.05) is 29.8 Å². The van der Waals surface area contributed by atoms with Crippen molar-refractivity contribution in [2.24, 2.45) is 0 Å². The summed E-state index contributed by atoms with van der Waals surface area (Å²) in [6.07, 6.45) is 2.46. The summed E-state index contributed by atoms with van der Waals surface area (Å²) in [6, 6.07) is 2.20. The zero-order valence-corrected chi connectivity index (χ0v) is 17.4. The lowest BCUT2D eigenvalue weighted by Gasteiger charge is -2.42. The lowest BCUT2D eigenvalue weighted by molar-refractivity contribution is 0.194. The number of alkyl halides is 1. The maximum absolute atomic E-state index is 14.8. The Labute approximate surface area is 171 Å². The third-order valence-electron chi connectivity index (χ3n) is 5.49. The third-order valence-corrected chi connectivity index (χ3v) is 7.97. The zero-order valence-electron chi connectivity index (χ0n) is 15.0. The van der Waals surface area contributed by atoms with Crippen LogP contribution in [0.3, 0.4) is 0 Å². The number of fused-ring (bicyclic) bond motifs is 1. The molecule has 4 rings (SSSR count). The van der Waals surface area contributed by atoms with Gasteiger partial charge in [0.1, 0.15) is 16.9 Å². The summed E-state index contributed by atoms with van der Waals surface area (Å²) in [6.45, 7) is 1.11. The molecule has 0 aliphatic carbocycles. The van der Waals surface area contributed by atoms with Crippen LogP contribution in [0.4, 0.5) is 19.6 Å². The van der Waals surface area contributed by atoms with E-state index >= 15 is 0 Å². The molecule has 3 heterocycles. The Hall–Kier alpha value is -1.49. The molecule has 0 saturated carbocycles. The topological polar surface area (TPSA) is 65.5 Å². The zero-order chi connectivity index (χ0) is 20.1. The Kier molecular flexibility index (Phi) is 5.01. The van der Waals surface area contributed by atoms with Gasteiger partial charge in [0.25, 0.3) is 10.0 Å². The number of hydrogen-bond acceptors (Lipinski definition) is 6. The molecule has 2 aliphatic heterocycles. The van der Waals surface area contributed by atoms with Crippen molar-refractivity contribution in [3.8, 4) is 0 Å². The minimum atomic E-state index is -4.18. The van der Waals surface area contributed by atoms with Crippen molar-refractivity contribution in [1.82, 2.24) is 9.88 Å². The van der Waals surface area contributed by atoms with Crippen molar-refractivity contribution in [1.29, 1.82) is 0 Å². The predicted octanol–water partition coefficient (Wildman–Crippen LogP) is 3.71. The highest BCUT2D eigenvalue weighted by molar-refractivity contribution is 7.93. The molecule has 2 fully saturated rings. The van der Waals surface area contributed by atoms with Crippen molar-refractivity contribution >= 4 is 43.8 Å². The number of benzene rings is 1. The number of nitrogens with one attached hydrogen (secondary N) is 1. The second-order valence-electron chi connectivity index (χ2n) is 7.07. The highest BCUT2D eigenvalue weighted by atomic mass is 35.5. The second kappa shape index (κ2) is 7.08. The average Bonchev–Trinajstić information content (AvgIpc) is 3.31. The molecule has 0 amide bonds. The first-order valence-electron chi connectivity index (χ1n) is 8.77. The van der Waals surface area contributed by atoms with Crippen LogP contribution in [-0.4, -0.2) is 50.3 Å². The Balaban J connectivity index is 1.68. The first kappa shape index (κ1) is 19.8. The van der Waals surface area contributed by atoms with E-state index in [1.165, 1.54) is 6.20 Å². The molecule has 0 bridgehead atoms. The molecule has 152 valence electrons. The lowest BCUT2D eigenvalue weighted by atomic mass is 10.0. The van der Waals surface area contributed by atoms with E-state index in [0.29, 0.717) is 18.7 Å². The summed E-state index contributed by atoms with van der Waals surface area (Å²) in [4.78, 5) is 7.13. The number of sulfonamides is 1. The van der Waals surface area contributed by atoms with Crippen LogP contribution in [0.2, 0.25) is 5.02 Å². The maximum Gasteiger partial charge on any atom is 0.266 e. The van der Waals surface area contributed by atoms with Crippen molar-refractivity contribution in [3.05, 3.63) is 34.5 Å². The van der Waals surface area contributed by atoms with Crippen LogP contribution in [0.15, 0.2) is 28.6 Å². The number of nitrogens with zero attached hydrogens (tertiary/aromatic N) is 3. The maximum atomic E-state index is 14.8. The summed E-state index contributed by atoms with van der Waals surface area (Å²) < 4.78 is 56.2. The van der Waals surface area contributed by atoms with Crippen LogP contribution in [0.25, 0.3) is 0 Å². The monoisotopic (exact) mass is 448 g/mol. The number of rotatable bonds is 5. The molecule has 11 heteroatoms. The molecule has 0 radical (unpaired) electrons. The molecule has 2 saturated heterocycles. The fourth-order valence-electron chi connectivity index (χ4n) is 4.24. The van der Waals surface area contributed by atoms with E-state index in [9.17, 15) is 17.2 Å². The van der Waals surface area contributed by atoms with Crippen LogP contribution in [0.5, 0.6) is 0 Å². The minimum Gasteiger partial charge on any atom is -0.355 e. The highest BCUT2D eigenvalue weighted by Crippen LogP contribution is 2.45. The van der Waals surface area contributed by atoms with Gasteiger partial charge in [-0.1, -0.05) is 11.6 Å². The first-order chi connectivity index (χ1) is 13.2. The lowest BCUT2D eigenvalue weighted by Crippen LogP contribution is -2.52. The Bertz CT molecular complexity index is 989. The van der Waals surface area contributed by atoms with Gasteiger partial charge in [-0.05, 0) is 18.9 Å². The van der Waals surface area contributed by atoms with Crippen LogP contribution in [0, 0.1) is 5.82 Å².